The van der Waals surface area contributed by atoms with E-state index >= 15 is 0 Å². The molecule has 0 radical (unpaired) electrons. The van der Waals surface area contributed by atoms with Crippen LogP contribution in [0.4, 0.5) is 10.0 Å². The van der Waals surface area contributed by atoms with Gasteiger partial charge in [0, 0.05) is 20.9 Å². The lowest BCUT2D eigenvalue weighted by molar-refractivity contribution is 0.0367. The van der Waals surface area contributed by atoms with Gasteiger partial charge in [-0.2, -0.15) is 0 Å². The molecule has 2 heterocycles. The van der Waals surface area contributed by atoms with Gasteiger partial charge in [0.05, 0.1) is 23.3 Å². The quantitative estimate of drug-likeness (QED) is 0.300. The van der Waals surface area contributed by atoms with E-state index in [1.165, 1.54) is 28.7 Å². The monoisotopic (exact) mass is 556 g/mol. The second-order valence-corrected chi connectivity index (χ2v) is 11.8. The Morgan fingerprint density at radius 2 is 1.05 bits per heavy atom. The Bertz CT molecular complexity index is 1300. The van der Waals surface area contributed by atoms with Crippen molar-refractivity contribution in [1.29, 1.82) is 0 Å². The predicted octanol–water partition coefficient (Wildman–Crippen LogP) is 6.68. The number of carbonyl (C=O) groups is 4. The molecule has 0 unspecified atom stereocenters. The van der Waals surface area contributed by atoms with Crippen LogP contribution < -0.4 is 10.6 Å². The number of esters is 2. The zero-order valence-electron chi connectivity index (χ0n) is 22.7. The zero-order chi connectivity index (χ0) is 28.3. The molecule has 2 N–H and O–H groups in total. The van der Waals surface area contributed by atoms with Gasteiger partial charge in [0.1, 0.15) is 10.0 Å². The summed E-state index contributed by atoms with van der Waals surface area (Å²) in [5, 5.41) is 6.38. The summed E-state index contributed by atoms with van der Waals surface area (Å²) in [6.45, 7) is 14.4. The molecule has 202 valence electrons. The lowest BCUT2D eigenvalue weighted by Crippen LogP contribution is -2.18. The fourth-order valence-electron chi connectivity index (χ4n) is 3.62. The van der Waals surface area contributed by atoms with Crippen LogP contribution in [0.3, 0.4) is 0 Å². The first-order chi connectivity index (χ1) is 17.8. The Balaban J connectivity index is 1.84. The van der Waals surface area contributed by atoms with Gasteiger partial charge in [-0.05, 0) is 84.7 Å². The van der Waals surface area contributed by atoms with E-state index in [1.54, 1.807) is 45.9 Å². The first kappa shape index (κ1) is 29.1. The van der Waals surface area contributed by atoms with E-state index in [0.29, 0.717) is 21.1 Å². The Labute approximate surface area is 230 Å². The van der Waals surface area contributed by atoms with Crippen LogP contribution in [0.1, 0.15) is 90.0 Å². The smallest absolute Gasteiger partial charge is 0.341 e. The van der Waals surface area contributed by atoms with Crippen LogP contribution in [0.2, 0.25) is 0 Å². The topological polar surface area (TPSA) is 111 Å². The average molecular weight is 557 g/mol. The van der Waals surface area contributed by atoms with Gasteiger partial charge in [-0.25, -0.2) is 9.59 Å². The summed E-state index contributed by atoms with van der Waals surface area (Å²) in [5.74, 6) is -1.94. The molecule has 0 aliphatic rings. The maximum atomic E-state index is 13.1. The first-order valence-corrected chi connectivity index (χ1v) is 13.8. The highest BCUT2D eigenvalue weighted by Gasteiger charge is 2.25. The van der Waals surface area contributed by atoms with Gasteiger partial charge in [0.2, 0.25) is 0 Å². The van der Waals surface area contributed by atoms with E-state index in [0.717, 1.165) is 20.9 Å². The number of carbonyl (C=O) groups excluding carboxylic acids is 4. The molecule has 10 heteroatoms. The number of amides is 2. The van der Waals surface area contributed by atoms with E-state index < -0.39 is 23.8 Å². The van der Waals surface area contributed by atoms with Crippen molar-refractivity contribution >= 4 is 56.4 Å². The summed E-state index contributed by atoms with van der Waals surface area (Å²) in [5.41, 5.74) is 2.63. The molecule has 2 aromatic heterocycles. The molecule has 1 aromatic carbocycles. The van der Waals surface area contributed by atoms with Crippen molar-refractivity contribution in [3.63, 3.8) is 0 Å². The number of hydrogen-bond donors (Lipinski definition) is 2. The van der Waals surface area contributed by atoms with Gasteiger partial charge in [-0.1, -0.05) is 6.07 Å². The number of rotatable bonds is 8. The maximum absolute atomic E-state index is 13.1. The Morgan fingerprint density at radius 1 is 0.684 bits per heavy atom. The third-order valence-electron chi connectivity index (χ3n) is 5.71. The Hall–Kier alpha value is -3.50. The molecule has 3 aromatic rings. The highest BCUT2D eigenvalue weighted by molar-refractivity contribution is 7.17. The van der Waals surface area contributed by atoms with Gasteiger partial charge in [0.25, 0.3) is 11.8 Å². The second kappa shape index (κ2) is 11.9. The normalized spacial score (nSPS) is 11.0. The molecule has 0 spiro atoms. The minimum Gasteiger partial charge on any atom is -0.459 e. The summed E-state index contributed by atoms with van der Waals surface area (Å²) in [6.07, 6.45) is -0.603. The summed E-state index contributed by atoms with van der Waals surface area (Å²) in [7, 11) is 0. The molecule has 0 saturated carbocycles. The van der Waals surface area contributed by atoms with Gasteiger partial charge >= 0.3 is 11.9 Å². The van der Waals surface area contributed by atoms with E-state index in [1.807, 2.05) is 27.7 Å². The molecule has 38 heavy (non-hydrogen) atoms. The van der Waals surface area contributed by atoms with Crippen molar-refractivity contribution in [2.75, 3.05) is 10.6 Å². The first-order valence-electron chi connectivity index (χ1n) is 12.1. The minimum atomic E-state index is -0.501. The summed E-state index contributed by atoms with van der Waals surface area (Å²) in [6, 6.07) is 6.22. The van der Waals surface area contributed by atoms with Crippen LogP contribution in [0, 0.1) is 27.7 Å². The third-order valence-corrected chi connectivity index (χ3v) is 7.95. The lowest BCUT2D eigenvalue weighted by atomic mass is 10.1. The molecule has 0 atom stereocenters. The number of nitrogens with one attached hydrogen (secondary N) is 2. The van der Waals surface area contributed by atoms with Crippen LogP contribution in [0.5, 0.6) is 0 Å². The van der Waals surface area contributed by atoms with Crippen molar-refractivity contribution in [3.05, 3.63) is 67.4 Å². The number of hydrogen-bond acceptors (Lipinski definition) is 8. The molecule has 8 nitrogen and oxygen atoms in total. The van der Waals surface area contributed by atoms with Crippen LogP contribution in [0.25, 0.3) is 0 Å². The van der Waals surface area contributed by atoms with E-state index in [2.05, 4.69) is 10.6 Å². The minimum absolute atomic E-state index is 0.238. The van der Waals surface area contributed by atoms with Crippen molar-refractivity contribution in [2.45, 2.75) is 67.6 Å². The van der Waals surface area contributed by atoms with Crippen LogP contribution in [-0.4, -0.2) is 36.0 Å². The van der Waals surface area contributed by atoms with Crippen molar-refractivity contribution in [2.24, 2.45) is 0 Å². The van der Waals surface area contributed by atoms with E-state index in [-0.39, 0.29) is 23.3 Å². The van der Waals surface area contributed by atoms with E-state index in [9.17, 15) is 19.2 Å². The highest BCUT2D eigenvalue weighted by Crippen LogP contribution is 2.35. The van der Waals surface area contributed by atoms with Crippen LogP contribution in [-0.2, 0) is 9.47 Å². The molecular formula is C28H32N2O6S2. The standard InChI is InChI=1S/C28H32N2O6S2/c1-13(2)35-27(33)21-15(5)17(7)37-25(21)29-23(31)19-10-9-11-20(12-19)24(32)30-26-22(16(6)18(8)38-26)28(34)36-14(3)4/h9-14H,1-8H3,(H,29,31)(H,30,32). The van der Waals surface area contributed by atoms with Crippen LogP contribution >= 0.6 is 22.7 Å². The van der Waals surface area contributed by atoms with Gasteiger partial charge in [-0.15, -0.1) is 22.7 Å². The Morgan fingerprint density at radius 3 is 1.39 bits per heavy atom. The summed E-state index contributed by atoms with van der Waals surface area (Å²) < 4.78 is 10.7. The van der Waals surface area contributed by atoms with Crippen LogP contribution in [0.15, 0.2) is 24.3 Å². The molecule has 0 aliphatic carbocycles. The summed E-state index contributed by atoms with van der Waals surface area (Å²) >= 11 is 2.58. The molecule has 3 rings (SSSR count). The van der Waals surface area contributed by atoms with Gasteiger partial charge < -0.3 is 20.1 Å². The number of thiophene rings is 2. The Kier molecular flexibility index (Phi) is 9.11. The fraction of sp³-hybridized carbons (Fsp3) is 0.357. The third kappa shape index (κ3) is 6.49. The molecule has 0 saturated heterocycles. The SMILES string of the molecule is Cc1sc(NC(=O)c2cccc(C(=O)Nc3sc(C)c(C)c3C(=O)OC(C)C)c2)c(C(=O)OC(C)C)c1C. The average Bonchev–Trinajstić information content (AvgIpc) is 3.26. The van der Waals surface area contributed by atoms with Crippen molar-refractivity contribution in [1.82, 2.24) is 0 Å². The van der Waals surface area contributed by atoms with Crippen molar-refractivity contribution in [3.8, 4) is 0 Å². The van der Waals surface area contributed by atoms with E-state index in [4.69, 9.17) is 9.47 Å². The molecule has 2 amide bonds. The van der Waals surface area contributed by atoms with Crippen molar-refractivity contribution < 1.29 is 28.7 Å². The molecule has 0 fully saturated rings. The van der Waals surface area contributed by atoms with Gasteiger partial charge in [0.15, 0.2) is 0 Å². The molecule has 0 aliphatic heterocycles. The number of aryl methyl sites for hydroxylation is 2. The largest absolute Gasteiger partial charge is 0.459 e. The highest BCUT2D eigenvalue weighted by atomic mass is 32.1. The lowest BCUT2D eigenvalue weighted by Gasteiger charge is -2.11. The second-order valence-electron chi connectivity index (χ2n) is 9.37. The fourth-order valence-corrected chi connectivity index (χ4v) is 5.71. The number of ether oxygens (including phenoxy) is 2. The zero-order valence-corrected chi connectivity index (χ0v) is 24.4. The molecular weight excluding hydrogens is 524 g/mol. The number of benzene rings is 1. The number of anilines is 2. The van der Waals surface area contributed by atoms with Gasteiger partial charge in [-0.3, -0.25) is 9.59 Å². The predicted molar refractivity (Wildman–Crippen MR) is 151 cm³/mol. The summed E-state index contributed by atoms with van der Waals surface area (Å²) in [4.78, 5) is 53.3. The molecule has 0 bridgehead atoms. The maximum Gasteiger partial charge on any atom is 0.341 e.